The molecule has 0 atom stereocenters. The Morgan fingerprint density at radius 3 is 2.55 bits per heavy atom. The summed E-state index contributed by atoms with van der Waals surface area (Å²) in [4.78, 5) is 29.5. The lowest BCUT2D eigenvalue weighted by atomic mass is 10.1. The van der Waals surface area contributed by atoms with Crippen molar-refractivity contribution in [3.63, 3.8) is 0 Å². The molecule has 1 amide bonds. The summed E-state index contributed by atoms with van der Waals surface area (Å²) in [6, 6.07) is 19.5. The minimum absolute atomic E-state index is 0.162. The number of carbonyl (C=O) groups excluding carboxylic acids is 1. The van der Waals surface area contributed by atoms with Gasteiger partial charge in [-0.2, -0.15) is 0 Å². The number of fused-ring (bicyclic) bond motifs is 1. The van der Waals surface area contributed by atoms with Gasteiger partial charge in [0, 0.05) is 17.7 Å². The van der Waals surface area contributed by atoms with E-state index in [4.69, 9.17) is 0 Å². The number of thiazole rings is 1. The fraction of sp³-hybridized carbons (Fsp3) is 0.0476. The largest absolute Gasteiger partial charge is 0.279 e. The number of rotatable bonds is 5. The highest BCUT2D eigenvalue weighted by Crippen LogP contribution is 2.32. The third-order valence-electron chi connectivity index (χ3n) is 4.32. The zero-order valence-corrected chi connectivity index (χ0v) is 15.8. The van der Waals surface area contributed by atoms with Crippen LogP contribution in [0.3, 0.4) is 0 Å². The molecular weight excluding hydrogens is 393 g/mol. The summed E-state index contributed by atoms with van der Waals surface area (Å²) in [6.45, 7) is 0.198. The molecule has 0 saturated heterocycles. The van der Waals surface area contributed by atoms with Gasteiger partial charge in [0.25, 0.3) is 11.6 Å². The number of hydrogen-bond acceptors (Lipinski definition) is 5. The van der Waals surface area contributed by atoms with Gasteiger partial charge in [-0.15, -0.1) is 0 Å². The monoisotopic (exact) mass is 407 g/mol. The van der Waals surface area contributed by atoms with E-state index in [1.54, 1.807) is 12.1 Å². The average molecular weight is 407 g/mol. The predicted octanol–water partition coefficient (Wildman–Crippen LogP) is 5.19. The molecule has 0 N–H and O–H groups in total. The second-order valence-corrected chi connectivity index (χ2v) is 7.28. The summed E-state index contributed by atoms with van der Waals surface area (Å²) in [7, 11) is 0. The Labute approximate surface area is 169 Å². The van der Waals surface area contributed by atoms with Crippen molar-refractivity contribution in [1.82, 2.24) is 4.98 Å². The maximum Gasteiger partial charge on any atom is 0.270 e. The number of aromatic nitrogens is 1. The normalized spacial score (nSPS) is 10.8. The van der Waals surface area contributed by atoms with E-state index in [0.29, 0.717) is 9.83 Å². The van der Waals surface area contributed by atoms with Crippen molar-refractivity contribution in [3.05, 3.63) is 99.9 Å². The molecule has 0 saturated carbocycles. The molecule has 1 aromatic heterocycles. The van der Waals surface area contributed by atoms with E-state index < -0.39 is 16.6 Å². The number of nitro groups is 1. The Hall–Kier alpha value is -3.65. The smallest absolute Gasteiger partial charge is 0.270 e. The highest BCUT2D eigenvalue weighted by molar-refractivity contribution is 7.22. The van der Waals surface area contributed by atoms with Crippen molar-refractivity contribution in [2.45, 2.75) is 6.54 Å². The molecule has 144 valence electrons. The highest BCUT2D eigenvalue weighted by Gasteiger charge is 2.23. The second-order valence-electron chi connectivity index (χ2n) is 6.27. The van der Waals surface area contributed by atoms with E-state index >= 15 is 0 Å². The molecule has 0 fully saturated rings. The van der Waals surface area contributed by atoms with Gasteiger partial charge in [0.1, 0.15) is 11.3 Å². The topological polar surface area (TPSA) is 76.3 Å². The lowest BCUT2D eigenvalue weighted by Gasteiger charge is -2.20. The molecule has 4 rings (SSSR count). The molecule has 1 heterocycles. The molecule has 8 heteroatoms. The predicted molar refractivity (Wildman–Crippen MR) is 110 cm³/mol. The van der Waals surface area contributed by atoms with Gasteiger partial charge in [0.2, 0.25) is 0 Å². The SMILES string of the molecule is O=C(c1cccc([N+](=O)[O-])c1)N(Cc1ccccc1)c1nc2c(F)cccc2s1. The maximum absolute atomic E-state index is 14.1. The number of para-hydroxylation sites is 1. The first-order chi connectivity index (χ1) is 14.0. The minimum atomic E-state index is -0.550. The fourth-order valence-electron chi connectivity index (χ4n) is 2.92. The van der Waals surface area contributed by atoms with Crippen molar-refractivity contribution in [3.8, 4) is 0 Å². The number of anilines is 1. The molecule has 0 bridgehead atoms. The first-order valence-corrected chi connectivity index (χ1v) is 9.50. The molecule has 0 aliphatic heterocycles. The van der Waals surface area contributed by atoms with Gasteiger partial charge in [-0.1, -0.05) is 53.8 Å². The number of benzene rings is 3. The molecule has 4 aromatic rings. The summed E-state index contributed by atoms with van der Waals surface area (Å²) in [5, 5.41) is 11.4. The molecule has 0 aliphatic carbocycles. The van der Waals surface area contributed by atoms with Gasteiger partial charge in [-0.05, 0) is 23.8 Å². The minimum Gasteiger partial charge on any atom is -0.279 e. The van der Waals surface area contributed by atoms with Gasteiger partial charge >= 0.3 is 0 Å². The molecule has 6 nitrogen and oxygen atoms in total. The van der Waals surface area contributed by atoms with Crippen molar-refractivity contribution in [1.29, 1.82) is 0 Å². The van der Waals surface area contributed by atoms with Gasteiger partial charge in [-0.25, -0.2) is 9.37 Å². The number of carbonyl (C=O) groups is 1. The zero-order chi connectivity index (χ0) is 20.4. The average Bonchev–Trinajstić information content (AvgIpc) is 3.18. The second kappa shape index (κ2) is 7.76. The molecule has 0 unspecified atom stereocenters. The summed E-state index contributed by atoms with van der Waals surface area (Å²) in [5.41, 5.74) is 1.03. The van der Waals surface area contributed by atoms with Gasteiger partial charge in [0.15, 0.2) is 5.13 Å². The number of nitro benzene ring substituents is 1. The third-order valence-corrected chi connectivity index (χ3v) is 5.37. The van der Waals surface area contributed by atoms with E-state index in [9.17, 15) is 19.3 Å². The first-order valence-electron chi connectivity index (χ1n) is 8.68. The molecule has 0 aliphatic rings. The summed E-state index contributed by atoms with van der Waals surface area (Å²) >= 11 is 1.19. The first kappa shape index (κ1) is 18.7. The summed E-state index contributed by atoms with van der Waals surface area (Å²) < 4.78 is 14.7. The molecule has 0 spiro atoms. The zero-order valence-electron chi connectivity index (χ0n) is 15.0. The van der Waals surface area contributed by atoms with Crippen molar-refractivity contribution >= 4 is 38.3 Å². The van der Waals surface area contributed by atoms with Crippen LogP contribution in [-0.4, -0.2) is 15.8 Å². The van der Waals surface area contributed by atoms with Crippen LogP contribution in [0.4, 0.5) is 15.2 Å². The number of amides is 1. The summed E-state index contributed by atoms with van der Waals surface area (Å²) in [6.07, 6.45) is 0. The number of non-ortho nitro benzene ring substituents is 1. The van der Waals surface area contributed by atoms with E-state index in [1.165, 1.54) is 46.6 Å². The molecule has 0 radical (unpaired) electrons. The van der Waals surface area contributed by atoms with Crippen LogP contribution in [-0.2, 0) is 6.54 Å². The van der Waals surface area contributed by atoms with Crippen LogP contribution in [0.15, 0.2) is 72.8 Å². The molecular formula is C21H14FN3O3S. The lowest BCUT2D eigenvalue weighted by molar-refractivity contribution is -0.384. The Kier molecular flexibility index (Phi) is 5.01. The van der Waals surface area contributed by atoms with Crippen LogP contribution in [0.2, 0.25) is 0 Å². The van der Waals surface area contributed by atoms with Crippen molar-refractivity contribution in [2.24, 2.45) is 0 Å². The van der Waals surface area contributed by atoms with Crippen LogP contribution in [0.5, 0.6) is 0 Å². The van der Waals surface area contributed by atoms with E-state index in [1.807, 2.05) is 30.3 Å². The number of halogens is 1. The van der Waals surface area contributed by atoms with Gasteiger partial charge < -0.3 is 0 Å². The lowest BCUT2D eigenvalue weighted by Crippen LogP contribution is -2.30. The highest BCUT2D eigenvalue weighted by atomic mass is 32.1. The van der Waals surface area contributed by atoms with E-state index in [2.05, 4.69) is 4.98 Å². The van der Waals surface area contributed by atoms with E-state index in [-0.39, 0.29) is 23.3 Å². The quantitative estimate of drug-likeness (QED) is 0.337. The molecule has 29 heavy (non-hydrogen) atoms. The maximum atomic E-state index is 14.1. The Morgan fingerprint density at radius 2 is 1.83 bits per heavy atom. The fourth-order valence-corrected chi connectivity index (χ4v) is 3.90. The van der Waals surface area contributed by atoms with Crippen molar-refractivity contribution in [2.75, 3.05) is 4.90 Å². The van der Waals surface area contributed by atoms with Gasteiger partial charge in [0.05, 0.1) is 16.2 Å². The van der Waals surface area contributed by atoms with Crippen LogP contribution < -0.4 is 4.90 Å². The Morgan fingerprint density at radius 1 is 1.07 bits per heavy atom. The van der Waals surface area contributed by atoms with Crippen LogP contribution in [0, 0.1) is 15.9 Å². The Balaban J connectivity index is 1.79. The number of hydrogen-bond donors (Lipinski definition) is 0. The van der Waals surface area contributed by atoms with Crippen molar-refractivity contribution < 1.29 is 14.1 Å². The summed E-state index contributed by atoms with van der Waals surface area (Å²) in [5.74, 6) is -0.913. The van der Waals surface area contributed by atoms with Crippen LogP contribution in [0.25, 0.3) is 10.2 Å². The van der Waals surface area contributed by atoms with Gasteiger partial charge in [-0.3, -0.25) is 19.8 Å². The Bertz CT molecular complexity index is 1210. The van der Waals surface area contributed by atoms with E-state index in [0.717, 1.165) is 5.56 Å². The standard InChI is InChI=1S/C21H14FN3O3S/c22-17-10-5-11-18-19(17)23-21(29-18)24(13-14-6-2-1-3-7-14)20(26)15-8-4-9-16(12-15)25(27)28/h1-12H,13H2. The van der Waals surface area contributed by atoms with Crippen LogP contribution in [0.1, 0.15) is 15.9 Å². The number of nitrogens with zero attached hydrogens (tertiary/aromatic N) is 3. The van der Waals surface area contributed by atoms with Crippen LogP contribution >= 0.6 is 11.3 Å². The third kappa shape index (κ3) is 3.83. The molecule has 3 aromatic carbocycles.